The van der Waals surface area contributed by atoms with E-state index in [2.05, 4.69) is 241 Å². The van der Waals surface area contributed by atoms with Crippen LogP contribution in [0, 0.1) is 0 Å². The highest BCUT2D eigenvalue weighted by Gasteiger charge is 2.18. The summed E-state index contributed by atoms with van der Waals surface area (Å²) in [5.74, 6) is 0. The van der Waals surface area contributed by atoms with Gasteiger partial charge in [0.15, 0.2) is 0 Å². The van der Waals surface area contributed by atoms with Crippen molar-refractivity contribution in [2.75, 3.05) is 4.90 Å². The van der Waals surface area contributed by atoms with E-state index in [0.29, 0.717) is 0 Å². The first-order chi connectivity index (χ1) is 32.7. The van der Waals surface area contributed by atoms with Crippen LogP contribution < -0.4 is 4.90 Å². The van der Waals surface area contributed by atoms with Gasteiger partial charge in [0, 0.05) is 27.8 Å². The second-order valence-corrected chi connectivity index (χ2v) is 17.2. The standard InChI is InChI=1S/C64H41NO/c1-3-17-54-44(11-1)29-30-50-39-48(34-37-57(50)54)43-27-25-42(26-28-43)47-13-7-15-52(40-47)65(51-35-31-46(32-36-51)58-21-10-24-63-64(58)61-19-5-6-23-62(61)66-63)53-16-8-14-49(41-53)56-20-9-22-59-55-18-4-2-12-45(55)33-38-60(56)59/h1-41H. The van der Waals surface area contributed by atoms with Crippen molar-refractivity contribution >= 4 is 82.1 Å². The Bertz CT molecular complexity index is 3990. The number of hydrogen-bond donors (Lipinski definition) is 0. The van der Waals surface area contributed by atoms with Gasteiger partial charge in [-0.05, 0) is 142 Å². The third-order valence-corrected chi connectivity index (χ3v) is 13.4. The predicted octanol–water partition coefficient (Wildman–Crippen LogP) is 18.3. The molecule has 1 aromatic heterocycles. The fourth-order valence-corrected chi connectivity index (χ4v) is 10.2. The number of nitrogens with zero attached hydrogens (tertiary/aromatic N) is 1. The molecule has 13 aromatic rings. The van der Waals surface area contributed by atoms with E-state index < -0.39 is 0 Å². The van der Waals surface area contributed by atoms with Crippen LogP contribution in [0.3, 0.4) is 0 Å². The number of hydrogen-bond acceptors (Lipinski definition) is 2. The zero-order valence-corrected chi connectivity index (χ0v) is 36.0. The Morgan fingerprint density at radius 1 is 0.242 bits per heavy atom. The van der Waals surface area contributed by atoms with Crippen LogP contribution in [0.1, 0.15) is 0 Å². The smallest absolute Gasteiger partial charge is 0.136 e. The molecule has 0 unspecified atom stereocenters. The van der Waals surface area contributed by atoms with Gasteiger partial charge in [-0.15, -0.1) is 0 Å². The molecule has 66 heavy (non-hydrogen) atoms. The summed E-state index contributed by atoms with van der Waals surface area (Å²) < 4.78 is 6.28. The molecule has 0 aliphatic heterocycles. The maximum absolute atomic E-state index is 6.28. The highest BCUT2D eigenvalue weighted by atomic mass is 16.3. The van der Waals surface area contributed by atoms with E-state index in [4.69, 9.17) is 4.42 Å². The largest absolute Gasteiger partial charge is 0.456 e. The van der Waals surface area contributed by atoms with Gasteiger partial charge in [0.2, 0.25) is 0 Å². The Morgan fingerprint density at radius 2 is 0.742 bits per heavy atom. The van der Waals surface area contributed by atoms with Crippen LogP contribution in [0.2, 0.25) is 0 Å². The first-order valence-electron chi connectivity index (χ1n) is 22.6. The van der Waals surface area contributed by atoms with Crippen molar-refractivity contribution in [1.82, 2.24) is 0 Å². The molecular weight excluding hydrogens is 799 g/mol. The summed E-state index contributed by atoms with van der Waals surface area (Å²) in [7, 11) is 0. The molecule has 0 aliphatic rings. The maximum Gasteiger partial charge on any atom is 0.136 e. The summed E-state index contributed by atoms with van der Waals surface area (Å²) in [6.45, 7) is 0. The number of para-hydroxylation sites is 1. The van der Waals surface area contributed by atoms with Gasteiger partial charge in [-0.1, -0.05) is 194 Å². The number of rotatable bonds is 7. The molecule has 0 aliphatic carbocycles. The molecule has 0 saturated heterocycles. The highest BCUT2D eigenvalue weighted by molar-refractivity contribution is 6.14. The van der Waals surface area contributed by atoms with Crippen molar-refractivity contribution in [3.63, 3.8) is 0 Å². The van der Waals surface area contributed by atoms with Gasteiger partial charge < -0.3 is 9.32 Å². The van der Waals surface area contributed by atoms with Crippen LogP contribution in [0.4, 0.5) is 17.1 Å². The summed E-state index contributed by atoms with van der Waals surface area (Å²) in [5, 5.41) is 12.4. The SMILES string of the molecule is c1cc(-c2ccc(-c3ccc4c(ccc5ccccc54)c3)cc2)cc(N(c2ccc(-c3cccc4oc5ccccc5c34)cc2)c2cccc(-c3cccc4c3ccc3ccccc34)c2)c1. The number of anilines is 3. The summed E-state index contributed by atoms with van der Waals surface area (Å²) in [6.07, 6.45) is 0. The molecule has 0 N–H and O–H groups in total. The van der Waals surface area contributed by atoms with Crippen LogP contribution in [0.15, 0.2) is 253 Å². The van der Waals surface area contributed by atoms with Crippen molar-refractivity contribution in [3.05, 3.63) is 249 Å². The monoisotopic (exact) mass is 839 g/mol. The molecule has 0 amide bonds. The van der Waals surface area contributed by atoms with E-state index in [0.717, 1.165) is 55.7 Å². The highest BCUT2D eigenvalue weighted by Crippen LogP contribution is 2.43. The lowest BCUT2D eigenvalue weighted by Gasteiger charge is -2.27. The van der Waals surface area contributed by atoms with Crippen LogP contribution >= 0.6 is 0 Å². The van der Waals surface area contributed by atoms with E-state index in [1.165, 1.54) is 70.9 Å². The van der Waals surface area contributed by atoms with Crippen molar-refractivity contribution in [2.45, 2.75) is 0 Å². The third kappa shape index (κ3) is 6.42. The van der Waals surface area contributed by atoms with E-state index in [1.807, 2.05) is 12.1 Å². The molecule has 0 radical (unpaired) electrons. The molecule has 0 atom stereocenters. The lowest BCUT2D eigenvalue weighted by atomic mass is 9.94. The summed E-state index contributed by atoms with van der Waals surface area (Å²) >= 11 is 0. The van der Waals surface area contributed by atoms with Crippen molar-refractivity contribution < 1.29 is 4.42 Å². The van der Waals surface area contributed by atoms with Crippen molar-refractivity contribution in [2.24, 2.45) is 0 Å². The minimum atomic E-state index is 0.897. The van der Waals surface area contributed by atoms with Gasteiger partial charge in [-0.3, -0.25) is 0 Å². The second-order valence-electron chi connectivity index (χ2n) is 17.2. The van der Waals surface area contributed by atoms with Gasteiger partial charge in [-0.25, -0.2) is 0 Å². The molecule has 2 nitrogen and oxygen atoms in total. The first-order valence-corrected chi connectivity index (χ1v) is 22.6. The van der Waals surface area contributed by atoms with Crippen LogP contribution in [0.5, 0.6) is 0 Å². The lowest BCUT2D eigenvalue weighted by molar-refractivity contribution is 0.669. The van der Waals surface area contributed by atoms with E-state index in [9.17, 15) is 0 Å². The zero-order valence-electron chi connectivity index (χ0n) is 36.0. The van der Waals surface area contributed by atoms with Crippen molar-refractivity contribution in [3.8, 4) is 44.5 Å². The molecule has 0 bridgehead atoms. The molecule has 12 aromatic carbocycles. The lowest BCUT2D eigenvalue weighted by Crippen LogP contribution is -2.10. The van der Waals surface area contributed by atoms with Gasteiger partial charge in [0.1, 0.15) is 11.2 Å². The molecule has 0 spiro atoms. The molecule has 1 heterocycles. The Morgan fingerprint density at radius 3 is 1.52 bits per heavy atom. The summed E-state index contributed by atoms with van der Waals surface area (Å²) in [4.78, 5) is 2.39. The van der Waals surface area contributed by atoms with E-state index in [1.54, 1.807) is 0 Å². The Labute approximate surface area is 382 Å². The molecule has 13 rings (SSSR count). The molecule has 2 heteroatoms. The van der Waals surface area contributed by atoms with Crippen molar-refractivity contribution in [1.29, 1.82) is 0 Å². The number of furan rings is 1. The quantitative estimate of drug-likeness (QED) is 0.149. The first kappa shape index (κ1) is 37.8. The summed E-state index contributed by atoms with van der Waals surface area (Å²) in [6, 6.07) is 90.3. The number of benzene rings is 12. The second kappa shape index (κ2) is 15.5. The Kier molecular flexibility index (Phi) is 8.89. The normalized spacial score (nSPS) is 11.6. The Balaban J connectivity index is 0.903. The van der Waals surface area contributed by atoms with E-state index >= 15 is 0 Å². The predicted molar refractivity (Wildman–Crippen MR) is 280 cm³/mol. The fraction of sp³-hybridized carbons (Fsp3) is 0. The van der Waals surface area contributed by atoms with Crippen LogP contribution in [-0.4, -0.2) is 0 Å². The van der Waals surface area contributed by atoms with Crippen LogP contribution in [-0.2, 0) is 0 Å². The van der Waals surface area contributed by atoms with Gasteiger partial charge >= 0.3 is 0 Å². The van der Waals surface area contributed by atoms with Crippen LogP contribution in [0.25, 0.3) is 110 Å². The van der Waals surface area contributed by atoms with Gasteiger partial charge in [0.05, 0.1) is 0 Å². The topological polar surface area (TPSA) is 16.4 Å². The molecule has 0 saturated carbocycles. The minimum Gasteiger partial charge on any atom is -0.456 e. The molecule has 308 valence electrons. The average Bonchev–Trinajstić information content (AvgIpc) is 3.78. The zero-order chi connectivity index (χ0) is 43.6. The number of fused-ring (bicyclic) bond motifs is 9. The minimum absolute atomic E-state index is 0.897. The Hall–Kier alpha value is -8.72. The fourth-order valence-electron chi connectivity index (χ4n) is 10.2. The maximum atomic E-state index is 6.28. The average molecular weight is 840 g/mol. The van der Waals surface area contributed by atoms with Gasteiger partial charge in [-0.2, -0.15) is 0 Å². The van der Waals surface area contributed by atoms with E-state index in [-0.39, 0.29) is 0 Å². The van der Waals surface area contributed by atoms with Gasteiger partial charge in [0.25, 0.3) is 0 Å². The molecular formula is C64H41NO. The molecule has 0 fully saturated rings. The third-order valence-electron chi connectivity index (χ3n) is 13.4. The summed E-state index contributed by atoms with van der Waals surface area (Å²) in [5.41, 5.74) is 14.4.